The normalized spacial score (nSPS) is 16.6. The lowest BCUT2D eigenvalue weighted by Crippen LogP contribution is -2.48. The second-order valence-electron chi connectivity index (χ2n) is 6.33. The Labute approximate surface area is 157 Å². The van der Waals surface area contributed by atoms with Crippen LogP contribution in [-0.2, 0) is 10.0 Å². The van der Waals surface area contributed by atoms with Gasteiger partial charge in [0.05, 0.1) is 4.34 Å². The van der Waals surface area contributed by atoms with Crippen molar-refractivity contribution < 1.29 is 8.42 Å². The molecular weight excluding hydrogens is 380 g/mol. The molecule has 3 rings (SSSR count). The molecule has 0 spiro atoms. The van der Waals surface area contributed by atoms with Crippen molar-refractivity contribution in [1.29, 1.82) is 0 Å². The lowest BCUT2D eigenvalue weighted by molar-refractivity contribution is 0.384. The Hall–Kier alpha value is -1.22. The summed E-state index contributed by atoms with van der Waals surface area (Å²) >= 11 is 6.97. The van der Waals surface area contributed by atoms with Crippen molar-refractivity contribution in [3.05, 3.63) is 34.1 Å². The van der Waals surface area contributed by atoms with E-state index in [0.717, 1.165) is 28.7 Å². The maximum Gasteiger partial charge on any atom is 0.252 e. The molecule has 0 N–H and O–H groups in total. The number of aromatic nitrogens is 2. The predicted octanol–water partition coefficient (Wildman–Crippen LogP) is 3.13. The second kappa shape index (κ2) is 7.19. The number of nitrogens with zero attached hydrogens (tertiary/aromatic N) is 4. The summed E-state index contributed by atoms with van der Waals surface area (Å²) in [6.45, 7) is 8.15. The molecule has 136 valence electrons. The number of piperazine rings is 1. The van der Waals surface area contributed by atoms with Gasteiger partial charge in [-0.1, -0.05) is 25.4 Å². The van der Waals surface area contributed by atoms with Gasteiger partial charge in [-0.2, -0.15) is 4.31 Å². The SMILES string of the molecule is Cc1cc(N2CCN(S(=O)(=O)c3ccc(Cl)s3)CC2)nc(C(C)C)n1. The van der Waals surface area contributed by atoms with Crippen LogP contribution < -0.4 is 4.90 Å². The fourth-order valence-electron chi connectivity index (χ4n) is 2.72. The lowest BCUT2D eigenvalue weighted by Gasteiger charge is -2.34. The second-order valence-corrected chi connectivity index (χ2v) is 10.2. The summed E-state index contributed by atoms with van der Waals surface area (Å²) in [5, 5.41) is 0. The van der Waals surface area contributed by atoms with E-state index < -0.39 is 10.0 Å². The molecular formula is C16H21ClN4O2S2. The fraction of sp³-hybridized carbons (Fsp3) is 0.500. The fourth-order valence-corrected chi connectivity index (χ4v) is 5.78. The molecule has 0 amide bonds. The van der Waals surface area contributed by atoms with Crippen LogP contribution in [0.25, 0.3) is 0 Å². The van der Waals surface area contributed by atoms with Crippen molar-refractivity contribution in [2.75, 3.05) is 31.1 Å². The minimum absolute atomic E-state index is 0.254. The Morgan fingerprint density at radius 1 is 1.16 bits per heavy atom. The molecule has 0 aliphatic carbocycles. The molecule has 2 aromatic rings. The first-order chi connectivity index (χ1) is 11.8. The van der Waals surface area contributed by atoms with Gasteiger partial charge in [0.1, 0.15) is 15.9 Å². The van der Waals surface area contributed by atoms with Crippen LogP contribution in [0.4, 0.5) is 5.82 Å². The van der Waals surface area contributed by atoms with Crippen LogP contribution in [0.5, 0.6) is 0 Å². The average molecular weight is 401 g/mol. The number of aryl methyl sites for hydroxylation is 1. The van der Waals surface area contributed by atoms with Gasteiger partial charge >= 0.3 is 0 Å². The number of hydrogen-bond acceptors (Lipinski definition) is 6. The lowest BCUT2D eigenvalue weighted by atomic mass is 10.2. The van der Waals surface area contributed by atoms with E-state index in [2.05, 4.69) is 28.7 Å². The molecule has 2 aromatic heterocycles. The Kier molecular flexibility index (Phi) is 5.34. The molecule has 1 aliphatic heterocycles. The Balaban J connectivity index is 1.74. The molecule has 6 nitrogen and oxygen atoms in total. The number of rotatable bonds is 4. The average Bonchev–Trinajstić information content (AvgIpc) is 3.01. The van der Waals surface area contributed by atoms with Crippen molar-refractivity contribution in [1.82, 2.24) is 14.3 Å². The summed E-state index contributed by atoms with van der Waals surface area (Å²) < 4.78 is 27.6. The predicted molar refractivity (Wildman–Crippen MR) is 101 cm³/mol. The van der Waals surface area contributed by atoms with Crippen LogP contribution in [0, 0.1) is 6.92 Å². The van der Waals surface area contributed by atoms with Gasteiger partial charge in [-0.05, 0) is 19.1 Å². The molecule has 1 aliphatic rings. The molecule has 9 heteroatoms. The largest absolute Gasteiger partial charge is 0.354 e. The number of halogens is 1. The first-order valence-corrected chi connectivity index (χ1v) is 10.8. The van der Waals surface area contributed by atoms with Gasteiger partial charge in [0, 0.05) is 43.9 Å². The van der Waals surface area contributed by atoms with Crippen LogP contribution >= 0.6 is 22.9 Å². The van der Waals surface area contributed by atoms with Gasteiger partial charge < -0.3 is 4.90 Å². The van der Waals surface area contributed by atoms with E-state index in [1.54, 1.807) is 12.1 Å². The molecule has 1 saturated heterocycles. The van der Waals surface area contributed by atoms with Gasteiger partial charge in [-0.15, -0.1) is 11.3 Å². The van der Waals surface area contributed by atoms with Crippen LogP contribution in [0.2, 0.25) is 4.34 Å². The summed E-state index contributed by atoms with van der Waals surface area (Å²) in [4.78, 5) is 11.2. The van der Waals surface area contributed by atoms with E-state index in [1.165, 1.54) is 4.31 Å². The first-order valence-electron chi connectivity index (χ1n) is 8.13. The van der Waals surface area contributed by atoms with Crippen molar-refractivity contribution in [2.45, 2.75) is 30.9 Å². The van der Waals surface area contributed by atoms with E-state index in [-0.39, 0.29) is 5.92 Å². The van der Waals surface area contributed by atoms with Crippen LogP contribution in [-0.4, -0.2) is 48.9 Å². The zero-order valence-electron chi connectivity index (χ0n) is 14.4. The summed E-state index contributed by atoms with van der Waals surface area (Å²) in [6.07, 6.45) is 0. The molecule has 0 radical (unpaired) electrons. The highest BCUT2D eigenvalue weighted by Gasteiger charge is 2.30. The smallest absolute Gasteiger partial charge is 0.252 e. The maximum absolute atomic E-state index is 12.7. The third kappa shape index (κ3) is 3.97. The highest BCUT2D eigenvalue weighted by atomic mass is 35.5. The Bertz CT molecular complexity index is 859. The number of hydrogen-bond donors (Lipinski definition) is 0. The van der Waals surface area contributed by atoms with Gasteiger partial charge in [-0.25, -0.2) is 18.4 Å². The van der Waals surface area contributed by atoms with Gasteiger partial charge in [0.25, 0.3) is 10.0 Å². The number of sulfonamides is 1. The topological polar surface area (TPSA) is 66.4 Å². The van der Waals surface area contributed by atoms with Gasteiger partial charge in [0.2, 0.25) is 0 Å². The molecule has 0 saturated carbocycles. The summed E-state index contributed by atoms with van der Waals surface area (Å²) in [5.41, 5.74) is 0.928. The molecule has 3 heterocycles. The first kappa shape index (κ1) is 18.6. The van der Waals surface area contributed by atoms with E-state index in [9.17, 15) is 8.42 Å². The van der Waals surface area contributed by atoms with Gasteiger partial charge in [-0.3, -0.25) is 0 Å². The quantitative estimate of drug-likeness (QED) is 0.788. The Morgan fingerprint density at radius 2 is 1.84 bits per heavy atom. The molecule has 1 fully saturated rings. The number of anilines is 1. The van der Waals surface area contributed by atoms with Crippen LogP contribution in [0.3, 0.4) is 0 Å². The minimum Gasteiger partial charge on any atom is -0.354 e. The van der Waals surface area contributed by atoms with Crippen molar-refractivity contribution in [3.8, 4) is 0 Å². The third-order valence-electron chi connectivity index (χ3n) is 4.08. The standard InChI is InChI=1S/C16H21ClN4O2S2/c1-11(2)16-18-12(3)10-14(19-16)20-6-8-21(9-7-20)25(22,23)15-5-4-13(17)24-15/h4-5,10-11H,6-9H2,1-3H3. The summed E-state index contributed by atoms with van der Waals surface area (Å²) in [6, 6.07) is 5.14. The highest BCUT2D eigenvalue weighted by molar-refractivity contribution is 7.91. The minimum atomic E-state index is -3.47. The van der Waals surface area contributed by atoms with E-state index in [4.69, 9.17) is 11.6 Å². The monoisotopic (exact) mass is 400 g/mol. The molecule has 0 unspecified atom stereocenters. The van der Waals surface area contributed by atoms with Crippen LogP contribution in [0.1, 0.15) is 31.3 Å². The van der Waals surface area contributed by atoms with Crippen molar-refractivity contribution >= 4 is 38.8 Å². The molecule has 0 bridgehead atoms. The zero-order chi connectivity index (χ0) is 18.2. The summed E-state index contributed by atoms with van der Waals surface area (Å²) in [5.74, 6) is 1.94. The van der Waals surface area contributed by atoms with Crippen LogP contribution in [0.15, 0.2) is 22.4 Å². The van der Waals surface area contributed by atoms with E-state index in [0.29, 0.717) is 34.7 Å². The van der Waals surface area contributed by atoms with E-state index in [1.807, 2.05) is 13.0 Å². The van der Waals surface area contributed by atoms with Gasteiger partial charge in [0.15, 0.2) is 0 Å². The Morgan fingerprint density at radius 3 is 2.40 bits per heavy atom. The van der Waals surface area contributed by atoms with Crippen molar-refractivity contribution in [3.63, 3.8) is 0 Å². The van der Waals surface area contributed by atoms with Crippen molar-refractivity contribution in [2.24, 2.45) is 0 Å². The zero-order valence-corrected chi connectivity index (χ0v) is 16.8. The number of thiophene rings is 1. The van der Waals surface area contributed by atoms with E-state index >= 15 is 0 Å². The maximum atomic E-state index is 12.7. The summed E-state index contributed by atoms with van der Waals surface area (Å²) in [7, 11) is -3.47. The third-order valence-corrected chi connectivity index (χ3v) is 7.68. The highest BCUT2D eigenvalue weighted by Crippen LogP contribution is 2.29. The molecule has 25 heavy (non-hydrogen) atoms. The molecule has 0 aromatic carbocycles. The molecule has 0 atom stereocenters.